The number of rotatable bonds is 3. The molecule has 0 aromatic heterocycles. The van der Waals surface area contributed by atoms with Crippen molar-refractivity contribution in [3.63, 3.8) is 0 Å². The number of nitrogens with one attached hydrogen (secondary N) is 1. The topological polar surface area (TPSA) is 74.1 Å². The molecule has 2 aromatic rings. The summed E-state index contributed by atoms with van der Waals surface area (Å²) in [6.07, 6.45) is 3.13. The summed E-state index contributed by atoms with van der Waals surface area (Å²) in [6.45, 7) is 8.04. The van der Waals surface area contributed by atoms with Gasteiger partial charge in [-0.05, 0) is 25.5 Å². The second-order valence-corrected chi connectivity index (χ2v) is 9.28. The minimum atomic E-state index is -0.836. The second-order valence-electron chi connectivity index (χ2n) is 8.27. The third-order valence-corrected chi connectivity index (χ3v) is 6.21. The number of phenols is 2. The van der Waals surface area contributed by atoms with E-state index in [9.17, 15) is 10.2 Å². The quantitative estimate of drug-likeness (QED) is 0.400. The summed E-state index contributed by atoms with van der Waals surface area (Å²) < 4.78 is 6.39. The van der Waals surface area contributed by atoms with E-state index in [1.165, 1.54) is 6.07 Å². The fraction of sp³-hybridized carbons (Fsp3) is 0.348. The van der Waals surface area contributed by atoms with Crippen LogP contribution in [0.5, 0.6) is 17.2 Å². The van der Waals surface area contributed by atoms with E-state index in [4.69, 9.17) is 9.73 Å². The van der Waals surface area contributed by atoms with Crippen LogP contribution in [-0.4, -0.2) is 32.4 Å². The van der Waals surface area contributed by atoms with E-state index in [1.54, 1.807) is 11.8 Å². The van der Waals surface area contributed by atoms with E-state index in [-0.39, 0.29) is 39.9 Å². The van der Waals surface area contributed by atoms with Gasteiger partial charge in [0, 0.05) is 35.6 Å². The highest BCUT2D eigenvalue weighted by molar-refractivity contribution is 8.93. The van der Waals surface area contributed by atoms with Crippen LogP contribution in [-0.2, 0) is 0 Å². The molecular weight excluding hydrogens is 464 g/mol. The lowest BCUT2D eigenvalue weighted by atomic mass is 9.77. The summed E-state index contributed by atoms with van der Waals surface area (Å²) >= 11 is 1.58. The van der Waals surface area contributed by atoms with E-state index in [0.717, 1.165) is 22.0 Å². The zero-order valence-electron chi connectivity index (χ0n) is 17.1. The van der Waals surface area contributed by atoms with E-state index >= 15 is 0 Å². The van der Waals surface area contributed by atoms with Gasteiger partial charge in [0.2, 0.25) is 11.5 Å². The SMILES string of the molecule is Br.C=CCSC1=NC2(CC(c3ccccc3)c3ccc(O)c(O)c3O2)CC(C)(C)N1. The molecule has 2 aliphatic rings. The molecule has 2 aromatic carbocycles. The number of hydrogen-bond acceptors (Lipinski definition) is 6. The first-order chi connectivity index (χ1) is 13.8. The van der Waals surface area contributed by atoms with Gasteiger partial charge in [-0.2, -0.15) is 0 Å². The Bertz CT molecular complexity index is 964. The molecule has 1 spiro atoms. The molecule has 0 saturated carbocycles. The molecule has 2 aliphatic heterocycles. The van der Waals surface area contributed by atoms with Gasteiger partial charge in [0.05, 0.1) is 0 Å². The average molecular weight is 491 g/mol. The minimum absolute atomic E-state index is 0. The summed E-state index contributed by atoms with van der Waals surface area (Å²) in [5.41, 5.74) is 0.922. The molecule has 0 saturated heterocycles. The van der Waals surface area contributed by atoms with Crippen LogP contribution in [0.15, 0.2) is 60.1 Å². The Morgan fingerprint density at radius 3 is 2.67 bits per heavy atom. The van der Waals surface area contributed by atoms with Gasteiger partial charge in [0.25, 0.3) is 0 Å². The Labute approximate surface area is 192 Å². The number of aromatic hydroxyl groups is 2. The molecule has 0 fully saturated rings. The Hall–Kier alpha value is -2.12. The maximum absolute atomic E-state index is 10.6. The fourth-order valence-electron chi connectivity index (χ4n) is 4.26. The van der Waals surface area contributed by atoms with Crippen LogP contribution in [0.2, 0.25) is 0 Å². The number of aliphatic imine (C=N–C) groups is 1. The van der Waals surface area contributed by atoms with Crippen molar-refractivity contribution < 1.29 is 14.9 Å². The number of thioether (sulfide) groups is 1. The molecule has 0 aliphatic carbocycles. The van der Waals surface area contributed by atoms with Gasteiger partial charge >= 0.3 is 0 Å². The predicted molar refractivity (Wildman–Crippen MR) is 128 cm³/mol. The smallest absolute Gasteiger partial charge is 0.206 e. The van der Waals surface area contributed by atoms with Crippen molar-refractivity contribution >= 4 is 33.9 Å². The molecule has 30 heavy (non-hydrogen) atoms. The first-order valence-electron chi connectivity index (χ1n) is 9.73. The highest BCUT2D eigenvalue weighted by Crippen LogP contribution is 2.53. The maximum atomic E-state index is 10.6. The van der Waals surface area contributed by atoms with Gasteiger partial charge in [-0.3, -0.25) is 0 Å². The molecule has 0 amide bonds. The molecular formula is C23H27BrN2O3S. The summed E-state index contributed by atoms with van der Waals surface area (Å²) in [6, 6.07) is 13.5. The van der Waals surface area contributed by atoms with Crippen molar-refractivity contribution in [1.82, 2.24) is 5.32 Å². The number of hydrogen-bond donors (Lipinski definition) is 3. The van der Waals surface area contributed by atoms with Gasteiger partial charge in [0.15, 0.2) is 16.7 Å². The first kappa shape index (κ1) is 22.6. The van der Waals surface area contributed by atoms with Crippen molar-refractivity contribution in [3.8, 4) is 17.2 Å². The molecule has 2 unspecified atom stereocenters. The summed E-state index contributed by atoms with van der Waals surface area (Å²) in [7, 11) is 0. The van der Waals surface area contributed by atoms with Gasteiger partial charge in [-0.25, -0.2) is 4.99 Å². The molecule has 3 N–H and O–H groups in total. The molecule has 7 heteroatoms. The lowest BCUT2D eigenvalue weighted by Crippen LogP contribution is -2.57. The Morgan fingerprint density at radius 1 is 1.23 bits per heavy atom. The standard InChI is InChI=1S/C23H26N2O3S.BrH/c1-4-12-29-21-24-22(2,3)14-23(25-21)13-17(15-8-6-5-7-9-15)16-10-11-18(26)19(27)20(16)28-23;/h4-11,17,26-27H,1,12-14H2,2-3H3,(H,24,25);1H. The van der Waals surface area contributed by atoms with Crippen LogP contribution in [0.3, 0.4) is 0 Å². The van der Waals surface area contributed by atoms with Crippen LogP contribution in [0.25, 0.3) is 0 Å². The number of nitrogens with zero attached hydrogens (tertiary/aromatic N) is 1. The molecule has 160 valence electrons. The fourth-order valence-corrected chi connectivity index (χ4v) is 5.12. The Kier molecular flexibility index (Phi) is 6.43. The number of fused-ring (bicyclic) bond motifs is 1. The normalized spacial score (nSPS) is 23.9. The van der Waals surface area contributed by atoms with E-state index < -0.39 is 5.72 Å². The zero-order chi connectivity index (χ0) is 20.6. The third-order valence-electron chi connectivity index (χ3n) is 5.34. The van der Waals surface area contributed by atoms with Gasteiger partial charge in [-0.15, -0.1) is 23.6 Å². The molecule has 4 rings (SSSR count). The summed E-state index contributed by atoms with van der Waals surface area (Å²) in [5.74, 6) is 0.637. The Morgan fingerprint density at radius 2 is 1.97 bits per heavy atom. The largest absolute Gasteiger partial charge is 0.504 e. The number of halogens is 1. The average Bonchev–Trinajstić information content (AvgIpc) is 2.68. The molecule has 5 nitrogen and oxygen atoms in total. The predicted octanol–water partition coefficient (Wildman–Crippen LogP) is 5.33. The lowest BCUT2D eigenvalue weighted by molar-refractivity contribution is 0.0108. The van der Waals surface area contributed by atoms with Crippen molar-refractivity contribution in [2.75, 3.05) is 5.75 Å². The number of phenolic OH excluding ortho intramolecular Hbond substituents is 2. The number of benzene rings is 2. The second kappa shape index (κ2) is 8.55. The van der Waals surface area contributed by atoms with Crippen molar-refractivity contribution in [3.05, 3.63) is 66.2 Å². The molecule has 0 radical (unpaired) electrons. The highest BCUT2D eigenvalue weighted by atomic mass is 79.9. The molecule has 0 bridgehead atoms. The van der Waals surface area contributed by atoms with Crippen LogP contribution >= 0.6 is 28.7 Å². The summed E-state index contributed by atoms with van der Waals surface area (Å²) in [4.78, 5) is 4.96. The van der Waals surface area contributed by atoms with Crippen molar-refractivity contribution in [2.45, 2.75) is 43.9 Å². The maximum Gasteiger partial charge on any atom is 0.206 e. The molecule has 2 heterocycles. The van der Waals surface area contributed by atoms with Crippen LogP contribution in [0.1, 0.15) is 43.7 Å². The van der Waals surface area contributed by atoms with Crippen molar-refractivity contribution in [2.24, 2.45) is 4.99 Å². The minimum Gasteiger partial charge on any atom is -0.504 e. The third kappa shape index (κ3) is 4.32. The van der Waals surface area contributed by atoms with E-state index in [2.05, 4.69) is 37.9 Å². The van der Waals surface area contributed by atoms with Gasteiger partial charge in [-0.1, -0.05) is 54.2 Å². The summed E-state index contributed by atoms with van der Waals surface area (Å²) in [5, 5.41) is 25.0. The van der Waals surface area contributed by atoms with E-state index in [0.29, 0.717) is 18.6 Å². The highest BCUT2D eigenvalue weighted by Gasteiger charge is 2.49. The molecule has 2 atom stereocenters. The van der Waals surface area contributed by atoms with Crippen LogP contribution < -0.4 is 10.1 Å². The van der Waals surface area contributed by atoms with Gasteiger partial charge < -0.3 is 20.3 Å². The Balaban J connectivity index is 0.00000256. The first-order valence-corrected chi connectivity index (χ1v) is 10.7. The zero-order valence-corrected chi connectivity index (χ0v) is 19.6. The van der Waals surface area contributed by atoms with Gasteiger partial charge in [0.1, 0.15) is 0 Å². The van der Waals surface area contributed by atoms with Crippen molar-refractivity contribution in [1.29, 1.82) is 0 Å². The van der Waals surface area contributed by atoms with Crippen LogP contribution in [0.4, 0.5) is 0 Å². The van der Waals surface area contributed by atoms with E-state index in [1.807, 2.05) is 30.3 Å². The number of ether oxygens (including phenoxy) is 1. The lowest BCUT2D eigenvalue weighted by Gasteiger charge is -2.47. The number of amidine groups is 1. The van der Waals surface area contributed by atoms with Crippen LogP contribution in [0, 0.1) is 0 Å². The monoisotopic (exact) mass is 490 g/mol.